The standard InChI is InChI=1S/C20H25N3O/c24-13-12-21-10-11-22-14-18-16-23(15-17-6-2-1-3-7-17)20-9-5-4-8-19(18)20/h1-9,16,21-22,24H,10-15H2. The molecule has 0 saturated heterocycles. The maximum Gasteiger partial charge on any atom is 0.0555 e. The lowest BCUT2D eigenvalue weighted by molar-refractivity contribution is 0.292. The number of hydrogen-bond donors (Lipinski definition) is 3. The number of aliphatic hydroxyl groups excluding tert-OH is 1. The Kier molecular flexibility index (Phi) is 6.01. The SMILES string of the molecule is OCCNCCNCc1cn(Cc2ccccc2)c2ccccc12. The summed E-state index contributed by atoms with van der Waals surface area (Å²) in [6.07, 6.45) is 2.26. The molecule has 0 spiro atoms. The van der Waals surface area contributed by atoms with Gasteiger partial charge in [-0.05, 0) is 17.2 Å². The van der Waals surface area contributed by atoms with Crippen molar-refractivity contribution in [2.75, 3.05) is 26.2 Å². The largest absolute Gasteiger partial charge is 0.395 e. The Hall–Kier alpha value is -2.14. The van der Waals surface area contributed by atoms with Crippen LogP contribution in [0.15, 0.2) is 60.8 Å². The van der Waals surface area contributed by atoms with E-state index in [-0.39, 0.29) is 6.61 Å². The quantitative estimate of drug-likeness (QED) is 0.530. The molecule has 0 aliphatic rings. The predicted molar refractivity (Wildman–Crippen MR) is 99.1 cm³/mol. The van der Waals surface area contributed by atoms with Crippen LogP contribution in [0.3, 0.4) is 0 Å². The van der Waals surface area contributed by atoms with Crippen LogP contribution in [0.5, 0.6) is 0 Å². The van der Waals surface area contributed by atoms with E-state index in [9.17, 15) is 0 Å². The molecule has 0 amide bonds. The monoisotopic (exact) mass is 323 g/mol. The summed E-state index contributed by atoms with van der Waals surface area (Å²) < 4.78 is 2.33. The van der Waals surface area contributed by atoms with Crippen LogP contribution in [0.25, 0.3) is 10.9 Å². The van der Waals surface area contributed by atoms with Gasteiger partial charge in [-0.2, -0.15) is 0 Å². The lowest BCUT2D eigenvalue weighted by atomic mass is 10.2. The third kappa shape index (κ3) is 4.23. The molecule has 0 unspecified atom stereocenters. The van der Waals surface area contributed by atoms with Crippen molar-refractivity contribution in [3.05, 3.63) is 71.9 Å². The third-order valence-corrected chi connectivity index (χ3v) is 4.15. The number of nitrogens with one attached hydrogen (secondary N) is 2. The fourth-order valence-electron chi connectivity index (χ4n) is 2.98. The van der Waals surface area contributed by atoms with Crippen LogP contribution in [-0.4, -0.2) is 35.9 Å². The van der Waals surface area contributed by atoms with Gasteiger partial charge in [-0.1, -0.05) is 48.5 Å². The van der Waals surface area contributed by atoms with Gasteiger partial charge in [-0.25, -0.2) is 0 Å². The van der Waals surface area contributed by atoms with E-state index in [2.05, 4.69) is 76.0 Å². The van der Waals surface area contributed by atoms with Gasteiger partial charge in [0.1, 0.15) is 0 Å². The number of nitrogens with zero attached hydrogens (tertiary/aromatic N) is 1. The van der Waals surface area contributed by atoms with E-state index in [1.165, 1.54) is 22.0 Å². The van der Waals surface area contributed by atoms with Crippen LogP contribution in [0, 0.1) is 0 Å². The number of hydrogen-bond acceptors (Lipinski definition) is 3. The number of aliphatic hydroxyl groups is 1. The first-order chi connectivity index (χ1) is 11.9. The van der Waals surface area contributed by atoms with Crippen molar-refractivity contribution in [1.29, 1.82) is 0 Å². The topological polar surface area (TPSA) is 49.2 Å². The predicted octanol–water partition coefficient (Wildman–Crippen LogP) is 2.36. The molecular formula is C20H25N3O. The van der Waals surface area contributed by atoms with Crippen molar-refractivity contribution in [2.45, 2.75) is 13.1 Å². The average molecular weight is 323 g/mol. The van der Waals surface area contributed by atoms with E-state index in [1.807, 2.05) is 0 Å². The van der Waals surface area contributed by atoms with Gasteiger partial charge < -0.3 is 20.3 Å². The molecule has 0 saturated carbocycles. The Bertz CT molecular complexity index is 752. The van der Waals surface area contributed by atoms with Crippen molar-refractivity contribution in [2.24, 2.45) is 0 Å². The highest BCUT2D eigenvalue weighted by Crippen LogP contribution is 2.22. The fraction of sp³-hybridized carbons (Fsp3) is 0.300. The van der Waals surface area contributed by atoms with E-state index in [4.69, 9.17) is 5.11 Å². The molecule has 0 aliphatic heterocycles. The van der Waals surface area contributed by atoms with Gasteiger partial charge in [0, 0.05) is 49.8 Å². The maximum absolute atomic E-state index is 8.76. The minimum atomic E-state index is 0.187. The molecule has 0 atom stereocenters. The van der Waals surface area contributed by atoms with Crippen LogP contribution in [0.1, 0.15) is 11.1 Å². The molecule has 4 nitrogen and oxygen atoms in total. The number of benzene rings is 2. The van der Waals surface area contributed by atoms with Gasteiger partial charge in [0.15, 0.2) is 0 Å². The van der Waals surface area contributed by atoms with Crippen LogP contribution >= 0.6 is 0 Å². The molecule has 0 radical (unpaired) electrons. The zero-order chi connectivity index (χ0) is 16.6. The molecule has 4 heteroatoms. The van der Waals surface area contributed by atoms with Gasteiger partial charge in [0.2, 0.25) is 0 Å². The number of para-hydroxylation sites is 1. The first-order valence-electron chi connectivity index (χ1n) is 8.51. The minimum absolute atomic E-state index is 0.187. The summed E-state index contributed by atoms with van der Waals surface area (Å²) in [4.78, 5) is 0. The fourth-order valence-corrected chi connectivity index (χ4v) is 2.98. The molecule has 24 heavy (non-hydrogen) atoms. The van der Waals surface area contributed by atoms with Gasteiger partial charge in [0.05, 0.1) is 6.61 Å². The van der Waals surface area contributed by atoms with Crippen LogP contribution < -0.4 is 10.6 Å². The normalized spacial score (nSPS) is 11.2. The van der Waals surface area contributed by atoms with Crippen LogP contribution in [0.2, 0.25) is 0 Å². The Labute approximate surface area is 143 Å². The van der Waals surface area contributed by atoms with Gasteiger partial charge >= 0.3 is 0 Å². The lowest BCUT2D eigenvalue weighted by Gasteiger charge is -2.05. The van der Waals surface area contributed by atoms with Crippen molar-refractivity contribution >= 4 is 10.9 Å². The van der Waals surface area contributed by atoms with Gasteiger partial charge in [0.25, 0.3) is 0 Å². The Morgan fingerprint density at radius 3 is 2.42 bits per heavy atom. The van der Waals surface area contributed by atoms with E-state index in [0.29, 0.717) is 6.54 Å². The molecule has 3 aromatic rings. The van der Waals surface area contributed by atoms with E-state index in [0.717, 1.165) is 26.2 Å². The highest BCUT2D eigenvalue weighted by molar-refractivity contribution is 5.84. The van der Waals surface area contributed by atoms with Crippen molar-refractivity contribution in [1.82, 2.24) is 15.2 Å². The summed E-state index contributed by atoms with van der Waals surface area (Å²) >= 11 is 0. The van der Waals surface area contributed by atoms with Crippen LogP contribution in [0.4, 0.5) is 0 Å². The van der Waals surface area contributed by atoms with Crippen molar-refractivity contribution in [3.63, 3.8) is 0 Å². The summed E-state index contributed by atoms with van der Waals surface area (Å²) in [7, 11) is 0. The smallest absolute Gasteiger partial charge is 0.0555 e. The van der Waals surface area contributed by atoms with Crippen LogP contribution in [-0.2, 0) is 13.1 Å². The zero-order valence-electron chi connectivity index (χ0n) is 13.9. The molecule has 0 aliphatic carbocycles. The molecule has 126 valence electrons. The van der Waals surface area contributed by atoms with Crippen molar-refractivity contribution < 1.29 is 5.11 Å². The Morgan fingerprint density at radius 2 is 1.58 bits per heavy atom. The highest BCUT2D eigenvalue weighted by Gasteiger charge is 2.08. The molecule has 3 rings (SSSR count). The molecular weight excluding hydrogens is 298 g/mol. The van der Waals surface area contributed by atoms with E-state index in [1.54, 1.807) is 0 Å². The third-order valence-electron chi connectivity index (χ3n) is 4.15. The molecule has 2 aromatic carbocycles. The van der Waals surface area contributed by atoms with Gasteiger partial charge in [-0.15, -0.1) is 0 Å². The summed E-state index contributed by atoms with van der Waals surface area (Å²) in [5.74, 6) is 0. The second-order valence-corrected chi connectivity index (χ2v) is 5.94. The summed E-state index contributed by atoms with van der Waals surface area (Å²) in [6.45, 7) is 4.33. The molecule has 3 N–H and O–H groups in total. The van der Waals surface area contributed by atoms with Gasteiger partial charge in [-0.3, -0.25) is 0 Å². The summed E-state index contributed by atoms with van der Waals surface area (Å²) in [5, 5.41) is 16.7. The minimum Gasteiger partial charge on any atom is -0.395 e. The first kappa shape index (κ1) is 16.7. The average Bonchev–Trinajstić information content (AvgIpc) is 2.97. The maximum atomic E-state index is 8.76. The number of aromatic nitrogens is 1. The highest BCUT2D eigenvalue weighted by atomic mass is 16.3. The van der Waals surface area contributed by atoms with E-state index >= 15 is 0 Å². The summed E-state index contributed by atoms with van der Waals surface area (Å²) in [6, 6.07) is 19.1. The first-order valence-corrected chi connectivity index (χ1v) is 8.51. The lowest BCUT2D eigenvalue weighted by Crippen LogP contribution is -2.28. The zero-order valence-corrected chi connectivity index (χ0v) is 13.9. The van der Waals surface area contributed by atoms with E-state index < -0.39 is 0 Å². The molecule has 1 aromatic heterocycles. The second kappa shape index (κ2) is 8.64. The second-order valence-electron chi connectivity index (χ2n) is 5.94. The molecule has 0 fully saturated rings. The molecule has 0 bridgehead atoms. The number of rotatable bonds is 9. The van der Waals surface area contributed by atoms with Crippen molar-refractivity contribution in [3.8, 4) is 0 Å². The number of fused-ring (bicyclic) bond motifs is 1. The Morgan fingerprint density at radius 1 is 0.833 bits per heavy atom. The molecule has 1 heterocycles. The summed E-state index contributed by atoms with van der Waals surface area (Å²) in [5.41, 5.74) is 3.91. The Balaban J connectivity index is 1.69.